The van der Waals surface area contributed by atoms with Crippen LogP contribution in [-0.4, -0.2) is 17.9 Å². The van der Waals surface area contributed by atoms with Crippen LogP contribution in [0.15, 0.2) is 0 Å². The van der Waals surface area contributed by atoms with E-state index in [0.29, 0.717) is 19.6 Å². The highest BCUT2D eigenvalue weighted by Crippen LogP contribution is 2.37. The molecule has 0 saturated carbocycles. The van der Waals surface area contributed by atoms with Crippen LogP contribution in [0.3, 0.4) is 0 Å². The maximum Gasteiger partial charge on any atom is 0.229 e. The van der Waals surface area contributed by atoms with Crippen molar-refractivity contribution in [3.8, 4) is 6.07 Å². The lowest BCUT2D eigenvalue weighted by Crippen LogP contribution is -2.38. The zero-order valence-electron chi connectivity index (χ0n) is 14.0. The predicted molar refractivity (Wildman–Crippen MR) is 91.2 cm³/mol. The van der Waals surface area contributed by atoms with E-state index in [1.807, 2.05) is 13.8 Å². The number of nitrogens with zero attached hydrogens (tertiary/aromatic N) is 1. The van der Waals surface area contributed by atoms with E-state index in [0.717, 1.165) is 12.8 Å². The number of rotatable bonds is 14. The summed E-state index contributed by atoms with van der Waals surface area (Å²) in [5, 5.41) is 8.86. The lowest BCUT2D eigenvalue weighted by Gasteiger charge is -2.35. The first-order chi connectivity index (χ1) is 10.1. The molecular weight excluding hydrogens is 330 g/mol. The van der Waals surface area contributed by atoms with Crippen LogP contribution in [-0.2, 0) is 9.47 Å². The van der Waals surface area contributed by atoms with Gasteiger partial charge in [-0.05, 0) is 42.6 Å². The van der Waals surface area contributed by atoms with E-state index in [1.54, 1.807) is 0 Å². The highest BCUT2D eigenvalue weighted by molar-refractivity contribution is 9.10. The fraction of sp³-hybridized carbons (Fsp3) is 0.941. The fourth-order valence-electron chi connectivity index (χ4n) is 2.57. The Morgan fingerprint density at radius 2 is 1.52 bits per heavy atom. The van der Waals surface area contributed by atoms with Gasteiger partial charge in [0.15, 0.2) is 0 Å². The Kier molecular flexibility index (Phi) is 13.5. The van der Waals surface area contributed by atoms with Crippen molar-refractivity contribution in [3.63, 3.8) is 0 Å². The van der Waals surface area contributed by atoms with Crippen molar-refractivity contribution in [1.82, 2.24) is 0 Å². The molecule has 0 aromatic heterocycles. The normalized spacial score (nSPS) is 13.1. The largest absolute Gasteiger partial charge is 0.341 e. The zero-order chi connectivity index (χ0) is 16.0. The average molecular weight is 362 g/mol. The highest BCUT2D eigenvalue weighted by Gasteiger charge is 2.37. The maximum atomic E-state index is 8.86. The number of ether oxygens (including phenoxy) is 2. The summed E-state index contributed by atoms with van der Waals surface area (Å²) >= 11 is 3.64. The second kappa shape index (κ2) is 13.5. The molecule has 0 heterocycles. The van der Waals surface area contributed by atoms with Gasteiger partial charge in [0.05, 0.1) is 6.07 Å². The van der Waals surface area contributed by atoms with E-state index in [1.165, 1.54) is 38.5 Å². The number of hydrogen-bond donors (Lipinski definition) is 0. The van der Waals surface area contributed by atoms with E-state index in [2.05, 4.69) is 28.9 Å². The van der Waals surface area contributed by atoms with Crippen LogP contribution in [0.2, 0.25) is 0 Å². The Morgan fingerprint density at radius 1 is 0.952 bits per heavy atom. The number of halogens is 1. The topological polar surface area (TPSA) is 42.2 Å². The molecule has 3 nitrogen and oxygen atoms in total. The average Bonchev–Trinajstić information content (AvgIpc) is 2.46. The molecule has 0 radical (unpaired) electrons. The van der Waals surface area contributed by atoms with Gasteiger partial charge >= 0.3 is 0 Å². The lowest BCUT2D eigenvalue weighted by atomic mass is 9.95. The second-order valence-electron chi connectivity index (χ2n) is 5.40. The number of alkyl halides is 1. The van der Waals surface area contributed by atoms with Gasteiger partial charge in [0.25, 0.3) is 0 Å². The third-order valence-electron chi connectivity index (χ3n) is 3.68. The third-order valence-corrected chi connectivity index (χ3v) is 4.79. The van der Waals surface area contributed by atoms with E-state index in [4.69, 9.17) is 14.7 Å². The van der Waals surface area contributed by atoms with Gasteiger partial charge in [-0.2, -0.15) is 5.26 Å². The number of hydrogen-bond acceptors (Lipinski definition) is 3. The fourth-order valence-corrected chi connectivity index (χ4v) is 3.49. The molecule has 0 saturated heterocycles. The zero-order valence-corrected chi connectivity index (χ0v) is 15.6. The van der Waals surface area contributed by atoms with Gasteiger partial charge in [0.2, 0.25) is 4.70 Å². The van der Waals surface area contributed by atoms with Crippen LogP contribution in [0.25, 0.3) is 0 Å². The predicted octanol–water partition coefficient (Wildman–Crippen LogP) is 5.78. The molecule has 0 amide bonds. The van der Waals surface area contributed by atoms with Crippen LogP contribution >= 0.6 is 15.9 Å². The van der Waals surface area contributed by atoms with Crippen LogP contribution in [0.1, 0.15) is 78.6 Å². The van der Waals surface area contributed by atoms with Crippen molar-refractivity contribution < 1.29 is 9.47 Å². The first-order valence-corrected chi connectivity index (χ1v) is 9.27. The van der Waals surface area contributed by atoms with Gasteiger partial charge in [-0.25, -0.2) is 0 Å². The molecule has 4 heteroatoms. The molecule has 1 unspecified atom stereocenters. The summed E-state index contributed by atoms with van der Waals surface area (Å²) in [6.07, 6.45) is 10.1. The molecule has 0 bridgehead atoms. The van der Waals surface area contributed by atoms with Crippen molar-refractivity contribution in [2.45, 2.75) is 83.3 Å². The molecule has 1 atom stereocenters. The van der Waals surface area contributed by atoms with Crippen LogP contribution in [0.4, 0.5) is 0 Å². The van der Waals surface area contributed by atoms with Crippen molar-refractivity contribution in [3.05, 3.63) is 0 Å². The van der Waals surface area contributed by atoms with Gasteiger partial charge in [-0.15, -0.1) is 0 Å². The van der Waals surface area contributed by atoms with E-state index in [-0.39, 0.29) is 5.92 Å². The summed E-state index contributed by atoms with van der Waals surface area (Å²) in [5.41, 5.74) is 0. The highest BCUT2D eigenvalue weighted by atomic mass is 79.9. The summed E-state index contributed by atoms with van der Waals surface area (Å²) in [6, 6.07) is 2.24. The first-order valence-electron chi connectivity index (χ1n) is 8.48. The Hall–Kier alpha value is -0.110. The van der Waals surface area contributed by atoms with E-state index >= 15 is 0 Å². The summed E-state index contributed by atoms with van der Waals surface area (Å²) in [7, 11) is 0. The standard InChI is InChI=1S/C17H32BrNO2/c1-4-7-8-9-10-11-13-16(14-12-15-19)17(18,20-5-2)21-6-3/h16H,4-14H2,1-3H3. The van der Waals surface area contributed by atoms with Crippen LogP contribution in [0.5, 0.6) is 0 Å². The molecule has 0 rings (SSSR count). The lowest BCUT2D eigenvalue weighted by molar-refractivity contribution is -0.193. The summed E-state index contributed by atoms with van der Waals surface area (Å²) in [4.78, 5) is 0. The molecule has 0 aliphatic carbocycles. The molecule has 0 spiro atoms. The monoisotopic (exact) mass is 361 g/mol. The van der Waals surface area contributed by atoms with Gasteiger partial charge in [0.1, 0.15) is 0 Å². The number of unbranched alkanes of at least 4 members (excludes halogenated alkanes) is 5. The van der Waals surface area contributed by atoms with Gasteiger partial charge in [0, 0.05) is 25.6 Å². The summed E-state index contributed by atoms with van der Waals surface area (Å²) < 4.78 is 10.9. The summed E-state index contributed by atoms with van der Waals surface area (Å²) in [6.45, 7) is 7.39. The Bertz CT molecular complexity index is 272. The van der Waals surface area contributed by atoms with Gasteiger partial charge in [-0.3, -0.25) is 0 Å². The van der Waals surface area contributed by atoms with E-state index < -0.39 is 4.70 Å². The van der Waals surface area contributed by atoms with Crippen molar-refractivity contribution in [2.75, 3.05) is 13.2 Å². The Balaban J connectivity index is 4.36. The van der Waals surface area contributed by atoms with Crippen molar-refractivity contribution >= 4 is 15.9 Å². The maximum absolute atomic E-state index is 8.86. The SMILES string of the molecule is CCCCCCCCC(CCC#N)C(Br)(OCC)OCC. The molecule has 0 N–H and O–H groups in total. The smallest absolute Gasteiger partial charge is 0.229 e. The van der Waals surface area contributed by atoms with Crippen LogP contribution in [0, 0.1) is 17.2 Å². The van der Waals surface area contributed by atoms with Crippen LogP contribution < -0.4 is 0 Å². The Labute approximate surface area is 139 Å². The number of nitriles is 1. The molecule has 0 aromatic carbocycles. The molecule has 124 valence electrons. The molecule has 0 aromatic rings. The molecule has 0 aliphatic rings. The molecule has 0 aliphatic heterocycles. The minimum absolute atomic E-state index is 0.225. The molecule has 0 fully saturated rings. The Morgan fingerprint density at radius 3 is 2.05 bits per heavy atom. The quantitative estimate of drug-likeness (QED) is 0.223. The molecular formula is C17H32BrNO2. The van der Waals surface area contributed by atoms with E-state index in [9.17, 15) is 0 Å². The van der Waals surface area contributed by atoms with Gasteiger partial charge < -0.3 is 9.47 Å². The first kappa shape index (κ1) is 20.9. The summed E-state index contributed by atoms with van der Waals surface area (Å²) in [5.74, 6) is 0.225. The van der Waals surface area contributed by atoms with Crippen molar-refractivity contribution in [2.24, 2.45) is 5.92 Å². The molecule has 21 heavy (non-hydrogen) atoms. The third kappa shape index (κ3) is 9.50. The van der Waals surface area contributed by atoms with Gasteiger partial charge in [-0.1, -0.05) is 45.4 Å². The van der Waals surface area contributed by atoms with Crippen molar-refractivity contribution in [1.29, 1.82) is 5.26 Å². The minimum Gasteiger partial charge on any atom is -0.341 e. The minimum atomic E-state index is -0.725. The second-order valence-corrected chi connectivity index (χ2v) is 6.50.